The molecule has 52 heavy (non-hydrogen) atoms. The second-order valence-electron chi connectivity index (χ2n) is 12.1. The number of hydrogen-bond acceptors (Lipinski definition) is 8. The van der Waals surface area contributed by atoms with Crippen LogP contribution in [0.2, 0.25) is 0 Å². The third kappa shape index (κ3) is 8.18. The predicted octanol–water partition coefficient (Wildman–Crippen LogP) is 7.56. The van der Waals surface area contributed by atoms with Gasteiger partial charge in [0.15, 0.2) is 11.5 Å². The Bertz CT molecular complexity index is 2150. The smallest absolute Gasteiger partial charge is 0.493 e. The first-order chi connectivity index (χ1) is 24.9. The van der Waals surface area contributed by atoms with Crippen LogP contribution in [0.3, 0.4) is 0 Å². The first-order valence-electron chi connectivity index (χ1n) is 16.2. The van der Waals surface area contributed by atoms with Gasteiger partial charge in [0.25, 0.3) is 5.91 Å². The van der Waals surface area contributed by atoms with Gasteiger partial charge >= 0.3 is 6.36 Å². The molecule has 2 aromatic heterocycles. The number of rotatable bonds is 10. The lowest BCUT2D eigenvalue weighted by Gasteiger charge is -2.23. The van der Waals surface area contributed by atoms with Gasteiger partial charge in [-0.15, -0.1) is 13.2 Å². The molecule has 3 N–H and O–H groups in total. The molecule has 0 radical (unpaired) electrons. The van der Waals surface area contributed by atoms with Gasteiger partial charge in [-0.2, -0.15) is 0 Å². The monoisotopic (exact) mass is 718 g/mol. The zero-order chi connectivity index (χ0) is 37.0. The number of aromatic nitrogens is 2. The van der Waals surface area contributed by atoms with Crippen molar-refractivity contribution in [2.24, 2.45) is 5.92 Å². The number of nitrogens with zero attached hydrogens (tertiary/aromatic N) is 2. The third-order valence-corrected chi connectivity index (χ3v) is 8.69. The normalized spacial score (nSPS) is 13.4. The molecule has 0 saturated carbocycles. The molecule has 5 aromatic rings. The van der Waals surface area contributed by atoms with E-state index in [-0.39, 0.29) is 39.7 Å². The van der Waals surface area contributed by atoms with Crippen LogP contribution in [-0.4, -0.2) is 49.3 Å². The van der Waals surface area contributed by atoms with Gasteiger partial charge in [-0.3, -0.25) is 9.59 Å². The topological polar surface area (TPSA) is 127 Å². The van der Waals surface area contributed by atoms with Crippen LogP contribution in [0.25, 0.3) is 33.4 Å². The molecule has 1 amide bonds. The first kappa shape index (κ1) is 35.9. The van der Waals surface area contributed by atoms with Crippen molar-refractivity contribution in [2.75, 3.05) is 38.5 Å². The summed E-state index contributed by atoms with van der Waals surface area (Å²) in [6.45, 7) is 1.62. The van der Waals surface area contributed by atoms with Gasteiger partial charge in [0, 0.05) is 66.3 Å². The average Bonchev–Trinajstić information content (AvgIpc) is 3.12. The van der Waals surface area contributed by atoms with Crippen LogP contribution >= 0.6 is 0 Å². The highest BCUT2D eigenvalue weighted by Crippen LogP contribution is 2.36. The fourth-order valence-corrected chi connectivity index (χ4v) is 6.04. The second-order valence-corrected chi connectivity index (χ2v) is 12.1. The van der Waals surface area contributed by atoms with E-state index in [9.17, 15) is 22.8 Å². The van der Waals surface area contributed by atoms with Crippen LogP contribution in [0.4, 0.5) is 29.1 Å². The Kier molecular flexibility index (Phi) is 10.5. The van der Waals surface area contributed by atoms with Crippen LogP contribution in [0.5, 0.6) is 17.2 Å². The maximum Gasteiger partial charge on any atom is 0.573 e. The van der Waals surface area contributed by atoms with Gasteiger partial charge in [-0.05, 0) is 78.4 Å². The van der Waals surface area contributed by atoms with Gasteiger partial charge < -0.3 is 34.6 Å². The summed E-state index contributed by atoms with van der Waals surface area (Å²) < 4.78 is 75.8. The molecule has 270 valence electrons. The molecule has 6 rings (SSSR count). The van der Waals surface area contributed by atoms with E-state index in [0.29, 0.717) is 42.4 Å². The quantitative estimate of drug-likeness (QED) is 0.142. The number of methoxy groups -OCH3 is 2. The van der Waals surface area contributed by atoms with E-state index in [4.69, 9.17) is 19.9 Å². The van der Waals surface area contributed by atoms with Crippen molar-refractivity contribution in [3.8, 4) is 50.6 Å². The summed E-state index contributed by atoms with van der Waals surface area (Å²) in [6, 6.07) is 15.8. The van der Waals surface area contributed by atoms with E-state index in [1.807, 2.05) is 0 Å². The number of alkyl halides is 3. The first-order valence-corrected chi connectivity index (χ1v) is 16.2. The number of nitrogen functional groups attached to an aromatic ring is 1. The number of hydrogen-bond donors (Lipinski definition) is 2. The molecule has 14 heteroatoms. The fraction of sp³-hybridized carbons (Fsp3) is 0.237. The minimum Gasteiger partial charge on any atom is -0.493 e. The Balaban J connectivity index is 1.29. The van der Waals surface area contributed by atoms with E-state index in [1.165, 1.54) is 44.7 Å². The van der Waals surface area contributed by atoms with Gasteiger partial charge in [0.05, 0.1) is 14.2 Å². The molecule has 0 aliphatic carbocycles. The number of benzene rings is 3. The highest BCUT2D eigenvalue weighted by molar-refractivity contribution is 6.04. The summed E-state index contributed by atoms with van der Waals surface area (Å²) in [5.74, 6) is -0.633. The summed E-state index contributed by atoms with van der Waals surface area (Å²) in [6.07, 6.45) is 1.21. The number of ether oxygens (including phenoxy) is 4. The summed E-state index contributed by atoms with van der Waals surface area (Å²) >= 11 is 0. The summed E-state index contributed by atoms with van der Waals surface area (Å²) in [5.41, 5.74) is 7.54. The van der Waals surface area contributed by atoms with Crippen molar-refractivity contribution < 1.29 is 41.3 Å². The lowest BCUT2D eigenvalue weighted by molar-refractivity contribution is -0.274. The van der Waals surface area contributed by atoms with Crippen LogP contribution in [0.15, 0.2) is 90.1 Å². The Morgan fingerprint density at radius 1 is 0.904 bits per heavy atom. The highest BCUT2D eigenvalue weighted by Gasteiger charge is 2.31. The molecule has 1 aliphatic heterocycles. The molecule has 0 unspecified atom stereocenters. The van der Waals surface area contributed by atoms with Crippen LogP contribution < -0.4 is 30.7 Å². The third-order valence-electron chi connectivity index (χ3n) is 8.69. The summed E-state index contributed by atoms with van der Waals surface area (Å²) in [5, 5.41) is 2.61. The lowest BCUT2D eigenvalue weighted by Crippen LogP contribution is -2.26. The standard InChI is InChI=1S/C38H34F4N4O6/c1-49-33-10-5-24(16-34(33)50-2)25-15-29(36(43)44-18-25)28-9-6-26(17-32(28)39)45-37(48)31-21-46(19-22-11-13-51-14-12-22)20-30(35(31)47)23-3-7-27(8-4-23)52-38(40,41)42/h3-10,15-18,20-22H,11-14,19H2,1-2H3,(H2,43,44)(H,45,48). The van der Waals surface area contributed by atoms with E-state index in [1.54, 1.807) is 41.2 Å². The van der Waals surface area contributed by atoms with Crippen LogP contribution in [0.1, 0.15) is 23.2 Å². The van der Waals surface area contributed by atoms with Gasteiger partial charge in [0.1, 0.15) is 22.9 Å². The molecule has 1 aliphatic rings. The zero-order valence-corrected chi connectivity index (χ0v) is 28.1. The number of nitrogens with one attached hydrogen (secondary N) is 1. The van der Waals surface area contributed by atoms with Crippen molar-refractivity contribution >= 4 is 17.4 Å². The highest BCUT2D eigenvalue weighted by atomic mass is 19.4. The Labute approximate surface area is 295 Å². The fourth-order valence-electron chi connectivity index (χ4n) is 6.04. The van der Waals surface area contributed by atoms with E-state index < -0.39 is 29.3 Å². The molecular weight excluding hydrogens is 684 g/mol. The SMILES string of the molecule is COc1ccc(-c2cnc(N)c(-c3ccc(NC(=O)c4cn(CC5CCOCC5)cc(-c5ccc(OC(F)(F)F)cc5)c4=O)cc3F)c2)cc1OC. The minimum atomic E-state index is -4.88. The van der Waals surface area contributed by atoms with Crippen molar-refractivity contribution in [1.29, 1.82) is 0 Å². The van der Waals surface area contributed by atoms with E-state index in [2.05, 4.69) is 15.0 Å². The van der Waals surface area contributed by atoms with E-state index >= 15 is 4.39 Å². The largest absolute Gasteiger partial charge is 0.573 e. The number of nitrogens with two attached hydrogens (primary N) is 1. The molecule has 10 nitrogen and oxygen atoms in total. The summed E-state index contributed by atoms with van der Waals surface area (Å²) in [7, 11) is 3.04. The number of anilines is 2. The molecule has 1 fully saturated rings. The molecule has 0 bridgehead atoms. The van der Waals surface area contributed by atoms with Crippen LogP contribution in [0, 0.1) is 11.7 Å². The number of carbonyl (C=O) groups is 1. The molecular formula is C38H34F4N4O6. The average molecular weight is 719 g/mol. The van der Waals surface area contributed by atoms with Gasteiger partial charge in [-0.1, -0.05) is 18.2 Å². The van der Waals surface area contributed by atoms with Crippen LogP contribution in [-0.2, 0) is 11.3 Å². The maximum atomic E-state index is 15.7. The van der Waals surface area contributed by atoms with Crippen molar-refractivity contribution in [1.82, 2.24) is 9.55 Å². The minimum absolute atomic E-state index is 0.0725. The Hall–Kier alpha value is -5.89. The number of amides is 1. The molecule has 0 spiro atoms. The lowest BCUT2D eigenvalue weighted by atomic mass is 9.99. The number of carbonyl (C=O) groups excluding carboxylic acids is 1. The van der Waals surface area contributed by atoms with Gasteiger partial charge in [-0.25, -0.2) is 9.37 Å². The van der Waals surface area contributed by atoms with Gasteiger partial charge in [0.2, 0.25) is 5.43 Å². The molecule has 1 saturated heterocycles. The summed E-state index contributed by atoms with van der Waals surface area (Å²) in [4.78, 5) is 31.6. The van der Waals surface area contributed by atoms with Crippen molar-refractivity contribution in [3.05, 3.63) is 107 Å². The zero-order valence-electron chi connectivity index (χ0n) is 28.1. The molecule has 0 atom stereocenters. The predicted molar refractivity (Wildman–Crippen MR) is 187 cm³/mol. The van der Waals surface area contributed by atoms with E-state index in [0.717, 1.165) is 36.6 Å². The molecule has 3 heterocycles. The van der Waals surface area contributed by atoms with Crippen molar-refractivity contribution in [2.45, 2.75) is 25.7 Å². The number of halogens is 4. The maximum absolute atomic E-state index is 15.7. The Morgan fingerprint density at radius 2 is 1.62 bits per heavy atom. The molecule has 3 aromatic carbocycles. The Morgan fingerprint density at radius 3 is 2.29 bits per heavy atom. The second kappa shape index (κ2) is 15.2. The van der Waals surface area contributed by atoms with Crippen molar-refractivity contribution in [3.63, 3.8) is 0 Å². The number of pyridine rings is 2.